The molecule has 4 N–H and O–H groups in total. The number of piperazine rings is 1. The Kier molecular flexibility index (Phi) is 5.99. The summed E-state index contributed by atoms with van der Waals surface area (Å²) in [6.45, 7) is 6.76. The Hall–Kier alpha value is -3.66. The molecule has 4 rings (SSSR count). The minimum absolute atomic E-state index is 0.299. The van der Waals surface area contributed by atoms with Gasteiger partial charge in [-0.3, -0.25) is 4.79 Å². The van der Waals surface area contributed by atoms with Crippen molar-refractivity contribution < 1.29 is 4.79 Å². The number of rotatable bonds is 7. The van der Waals surface area contributed by atoms with Gasteiger partial charge in [0.15, 0.2) is 0 Å². The molecule has 1 amide bonds. The molecule has 0 saturated carbocycles. The van der Waals surface area contributed by atoms with Crippen LogP contribution < -0.4 is 21.3 Å². The van der Waals surface area contributed by atoms with Crippen molar-refractivity contribution in [3.05, 3.63) is 48.4 Å². The number of likely N-dealkylation sites (N-methyl/N-ethyl adjacent to an activating group) is 1. The van der Waals surface area contributed by atoms with Gasteiger partial charge in [-0.25, -0.2) is 14.6 Å². The summed E-state index contributed by atoms with van der Waals surface area (Å²) in [5.41, 5.74) is 7.48. The van der Waals surface area contributed by atoms with Crippen molar-refractivity contribution >= 4 is 34.7 Å². The molecule has 0 atom stereocenters. The highest BCUT2D eigenvalue weighted by Gasteiger charge is 2.15. The van der Waals surface area contributed by atoms with Crippen LogP contribution in [-0.4, -0.2) is 63.8 Å². The van der Waals surface area contributed by atoms with Crippen molar-refractivity contribution in [1.29, 1.82) is 0 Å². The van der Waals surface area contributed by atoms with E-state index in [0.717, 1.165) is 37.7 Å². The van der Waals surface area contributed by atoms with Gasteiger partial charge in [-0.1, -0.05) is 0 Å². The van der Waals surface area contributed by atoms with E-state index in [2.05, 4.69) is 48.6 Å². The first kappa shape index (κ1) is 20.6. The smallest absolute Gasteiger partial charge is 0.252 e. The Labute approximate surface area is 181 Å². The summed E-state index contributed by atoms with van der Waals surface area (Å²) >= 11 is 0. The fraction of sp³-hybridized carbons (Fsp3) is 0.333. The second-order valence-electron chi connectivity index (χ2n) is 7.45. The zero-order valence-electron chi connectivity index (χ0n) is 17.7. The fourth-order valence-corrected chi connectivity index (χ4v) is 3.50. The van der Waals surface area contributed by atoms with Crippen LogP contribution in [0.25, 0.3) is 0 Å². The van der Waals surface area contributed by atoms with Crippen LogP contribution in [0.4, 0.5) is 28.8 Å². The largest absolute Gasteiger partial charge is 0.368 e. The predicted octanol–water partition coefficient (Wildman–Crippen LogP) is 2.03. The number of hydrogen-bond acceptors (Lipinski definition) is 8. The highest BCUT2D eigenvalue weighted by Crippen LogP contribution is 2.25. The molecule has 1 fully saturated rings. The molecule has 162 valence electrons. The molecular weight excluding hydrogens is 394 g/mol. The van der Waals surface area contributed by atoms with Gasteiger partial charge in [-0.2, -0.15) is 5.10 Å². The quantitative estimate of drug-likeness (QED) is 0.531. The van der Waals surface area contributed by atoms with Gasteiger partial charge in [0.25, 0.3) is 5.91 Å². The molecule has 0 radical (unpaired) electrons. The number of nitrogens with zero attached hydrogens (tertiary/aromatic N) is 6. The lowest BCUT2D eigenvalue weighted by Crippen LogP contribution is -2.44. The van der Waals surface area contributed by atoms with Crippen molar-refractivity contribution in [2.24, 2.45) is 5.73 Å². The summed E-state index contributed by atoms with van der Waals surface area (Å²) in [4.78, 5) is 25.4. The number of hydrogen-bond donors (Lipinski definition) is 3. The van der Waals surface area contributed by atoms with Crippen molar-refractivity contribution in [2.75, 3.05) is 48.8 Å². The molecule has 0 aromatic carbocycles. The summed E-state index contributed by atoms with van der Waals surface area (Å²) in [6, 6.07) is 7.55. The molecule has 0 bridgehead atoms. The summed E-state index contributed by atoms with van der Waals surface area (Å²) in [6.07, 6.45) is 5.02. The number of nitrogens with one attached hydrogen (secondary N) is 2. The van der Waals surface area contributed by atoms with Gasteiger partial charge in [0, 0.05) is 51.1 Å². The lowest BCUT2D eigenvalue weighted by atomic mass is 10.2. The third-order valence-electron chi connectivity index (χ3n) is 5.32. The van der Waals surface area contributed by atoms with Crippen LogP contribution >= 0.6 is 0 Å². The number of primary amides is 1. The van der Waals surface area contributed by atoms with E-state index in [0.29, 0.717) is 29.4 Å². The summed E-state index contributed by atoms with van der Waals surface area (Å²) in [5.74, 6) is 1.42. The number of pyridine rings is 2. The molecule has 3 aromatic heterocycles. The molecule has 1 saturated heterocycles. The molecular formula is C21H27N9O. The van der Waals surface area contributed by atoms with Crippen LogP contribution in [0.1, 0.15) is 17.3 Å². The Balaban J connectivity index is 1.51. The van der Waals surface area contributed by atoms with Crippen molar-refractivity contribution in [3.63, 3.8) is 0 Å². The van der Waals surface area contributed by atoms with Crippen molar-refractivity contribution in [3.8, 4) is 0 Å². The lowest BCUT2D eigenvalue weighted by molar-refractivity contribution is 0.100. The average Bonchev–Trinajstić information content (AvgIpc) is 3.22. The van der Waals surface area contributed by atoms with Gasteiger partial charge in [0.1, 0.15) is 17.5 Å². The fourth-order valence-electron chi connectivity index (χ4n) is 3.50. The molecule has 0 spiro atoms. The van der Waals surface area contributed by atoms with E-state index in [1.807, 2.05) is 25.3 Å². The normalized spacial score (nSPS) is 14.5. The summed E-state index contributed by atoms with van der Waals surface area (Å²) in [7, 11) is 2.14. The Morgan fingerprint density at radius 3 is 2.52 bits per heavy atom. The Morgan fingerprint density at radius 2 is 1.84 bits per heavy atom. The number of carbonyl (C=O) groups excluding carboxylic acids is 1. The minimum atomic E-state index is -0.557. The molecule has 10 nitrogen and oxygen atoms in total. The van der Waals surface area contributed by atoms with E-state index in [4.69, 9.17) is 5.73 Å². The third kappa shape index (κ3) is 4.75. The number of aromatic nitrogens is 4. The van der Waals surface area contributed by atoms with E-state index in [9.17, 15) is 4.79 Å². The molecule has 0 unspecified atom stereocenters. The minimum Gasteiger partial charge on any atom is -0.368 e. The van der Waals surface area contributed by atoms with Gasteiger partial charge < -0.3 is 26.2 Å². The zero-order valence-corrected chi connectivity index (χ0v) is 17.7. The first-order valence-electron chi connectivity index (χ1n) is 10.3. The van der Waals surface area contributed by atoms with Gasteiger partial charge >= 0.3 is 0 Å². The highest BCUT2D eigenvalue weighted by molar-refractivity contribution is 5.99. The number of amides is 1. The van der Waals surface area contributed by atoms with Crippen LogP contribution in [0.5, 0.6) is 0 Å². The molecule has 1 aliphatic rings. The SMILES string of the molecule is CCn1nccc1Nc1cc(Nc2ccc(N3CCN(C)CC3)cn2)ncc1C(N)=O. The van der Waals surface area contributed by atoms with Gasteiger partial charge in [-0.15, -0.1) is 0 Å². The lowest BCUT2D eigenvalue weighted by Gasteiger charge is -2.33. The monoisotopic (exact) mass is 421 g/mol. The topological polar surface area (TPSA) is 117 Å². The highest BCUT2D eigenvalue weighted by atomic mass is 16.1. The van der Waals surface area contributed by atoms with E-state index in [-0.39, 0.29) is 0 Å². The Morgan fingerprint density at radius 1 is 1.06 bits per heavy atom. The maximum atomic E-state index is 11.9. The first-order chi connectivity index (χ1) is 15.0. The van der Waals surface area contributed by atoms with E-state index < -0.39 is 5.91 Å². The second-order valence-corrected chi connectivity index (χ2v) is 7.45. The molecule has 0 aliphatic carbocycles. The number of anilines is 5. The summed E-state index contributed by atoms with van der Waals surface area (Å²) in [5, 5.41) is 10.7. The molecule has 4 heterocycles. The van der Waals surface area contributed by atoms with E-state index in [1.165, 1.54) is 6.20 Å². The van der Waals surface area contributed by atoms with Gasteiger partial charge in [-0.05, 0) is 26.1 Å². The van der Waals surface area contributed by atoms with Crippen LogP contribution in [0, 0.1) is 0 Å². The zero-order chi connectivity index (χ0) is 21.8. The van der Waals surface area contributed by atoms with Crippen LogP contribution in [0.15, 0.2) is 42.9 Å². The maximum absolute atomic E-state index is 11.9. The number of carbonyl (C=O) groups is 1. The molecule has 1 aliphatic heterocycles. The first-order valence-corrected chi connectivity index (χ1v) is 10.3. The predicted molar refractivity (Wildman–Crippen MR) is 121 cm³/mol. The maximum Gasteiger partial charge on any atom is 0.252 e. The summed E-state index contributed by atoms with van der Waals surface area (Å²) < 4.78 is 1.79. The van der Waals surface area contributed by atoms with Crippen LogP contribution in [0.3, 0.4) is 0 Å². The average molecular weight is 422 g/mol. The number of nitrogens with two attached hydrogens (primary N) is 1. The molecule has 31 heavy (non-hydrogen) atoms. The Bertz CT molecular complexity index is 1040. The van der Waals surface area contributed by atoms with Gasteiger partial charge in [0.05, 0.1) is 29.3 Å². The third-order valence-corrected chi connectivity index (χ3v) is 5.32. The van der Waals surface area contributed by atoms with Crippen molar-refractivity contribution in [2.45, 2.75) is 13.5 Å². The number of aryl methyl sites for hydroxylation is 1. The van der Waals surface area contributed by atoms with Crippen LogP contribution in [0.2, 0.25) is 0 Å². The molecule has 3 aromatic rings. The van der Waals surface area contributed by atoms with Gasteiger partial charge in [0.2, 0.25) is 0 Å². The van der Waals surface area contributed by atoms with Crippen molar-refractivity contribution in [1.82, 2.24) is 24.6 Å². The van der Waals surface area contributed by atoms with E-state index >= 15 is 0 Å². The second kappa shape index (κ2) is 9.00. The van der Waals surface area contributed by atoms with Crippen LogP contribution in [-0.2, 0) is 6.54 Å². The standard InChI is InChI=1S/C21H27N9O/c1-3-30-20(6-7-25-30)26-17-12-19(24-14-16(17)21(22)31)27-18-5-4-15(13-23-18)29-10-8-28(2)9-11-29/h4-7,12-14H,3,8-11H2,1-2H3,(H2,22,31)(H2,23,24,26,27). The van der Waals surface area contributed by atoms with E-state index in [1.54, 1.807) is 16.9 Å². The molecule has 10 heteroatoms.